The molecule has 0 aliphatic heterocycles. The minimum absolute atomic E-state index is 0. The number of carbonyl (C=O) groups is 2. The van der Waals surface area contributed by atoms with Gasteiger partial charge >= 0.3 is 6.36 Å². The molecule has 0 aliphatic carbocycles. The van der Waals surface area contributed by atoms with Crippen molar-refractivity contribution in [2.75, 3.05) is 0 Å². The maximum Gasteiger partial charge on any atom is 0.573 e. The van der Waals surface area contributed by atoms with Crippen LogP contribution in [-0.2, 0) is 22.4 Å². The molecular weight excluding hydrogens is 353 g/mol. The van der Waals surface area contributed by atoms with Crippen molar-refractivity contribution in [3.63, 3.8) is 0 Å². The summed E-state index contributed by atoms with van der Waals surface area (Å²) in [4.78, 5) is 18.6. The van der Waals surface area contributed by atoms with Gasteiger partial charge in [0, 0.05) is 22.4 Å². The molecule has 0 fully saturated rings. The normalized spacial score (nSPS) is 9.28. The molecular formula is C9H5AgF3O5-2. The Morgan fingerprint density at radius 3 is 2.06 bits per heavy atom. The first kappa shape index (κ1) is 18.8. The number of carboxylic acid groups (broad SMARTS) is 2. The third-order valence-electron chi connectivity index (χ3n) is 1.27. The molecule has 0 amide bonds. The molecule has 5 nitrogen and oxygen atoms in total. The van der Waals surface area contributed by atoms with Crippen LogP contribution in [0, 0.1) is 0 Å². The summed E-state index contributed by atoms with van der Waals surface area (Å²) in [5, 5.41) is 16.7. The molecule has 0 heterocycles. The first-order valence-corrected chi connectivity index (χ1v) is 3.94. The fourth-order valence-electron chi connectivity index (χ4n) is 0.796. The van der Waals surface area contributed by atoms with E-state index in [0.29, 0.717) is 6.29 Å². The van der Waals surface area contributed by atoms with Crippen molar-refractivity contribution in [3.05, 3.63) is 29.8 Å². The van der Waals surface area contributed by atoms with E-state index in [2.05, 4.69) is 4.74 Å². The van der Waals surface area contributed by atoms with Gasteiger partial charge in [-0.3, -0.25) is 4.79 Å². The number of ether oxygens (including phenoxy) is 1. The van der Waals surface area contributed by atoms with Crippen molar-refractivity contribution in [1.82, 2.24) is 0 Å². The summed E-state index contributed by atoms with van der Waals surface area (Å²) < 4.78 is 38.8. The van der Waals surface area contributed by atoms with Crippen LogP contribution in [0.5, 0.6) is 5.75 Å². The van der Waals surface area contributed by atoms with Gasteiger partial charge in [0.15, 0.2) is 6.29 Å². The molecule has 0 saturated heterocycles. The maximum absolute atomic E-state index is 11.7. The van der Waals surface area contributed by atoms with Crippen LogP contribution in [0.15, 0.2) is 24.3 Å². The summed E-state index contributed by atoms with van der Waals surface area (Å²) in [6.45, 7) is 0. The first-order valence-electron chi connectivity index (χ1n) is 3.94. The molecule has 0 spiro atoms. The Balaban J connectivity index is 0. The molecule has 0 aromatic heterocycles. The summed E-state index contributed by atoms with van der Waals surface area (Å²) in [7, 11) is 0. The molecule has 1 aromatic rings. The number of aldehydes is 1. The monoisotopic (exact) mass is 357 g/mol. The number of halogens is 3. The zero-order valence-electron chi connectivity index (χ0n) is 8.36. The molecule has 0 saturated carbocycles. The summed E-state index contributed by atoms with van der Waals surface area (Å²) in [5.41, 5.74) is -0.125. The van der Waals surface area contributed by atoms with Gasteiger partial charge in [0.1, 0.15) is 5.75 Å². The standard InChI is InChI=1S/C8H5F3O2.CH2O3.Ag/c9-8(10,11)13-7-4-2-1-3-6(7)5-12;2-1(3)4;/h1-5H;(H2,2,3,4);/p-2. The second-order valence-corrected chi connectivity index (χ2v) is 2.45. The Morgan fingerprint density at radius 2 is 1.67 bits per heavy atom. The number of rotatable bonds is 2. The third-order valence-corrected chi connectivity index (χ3v) is 1.27. The van der Waals surface area contributed by atoms with Crippen LogP contribution in [-0.4, -0.2) is 18.8 Å². The third kappa shape index (κ3) is 9.70. The molecule has 1 radical (unpaired) electrons. The van der Waals surface area contributed by atoms with Crippen LogP contribution in [0.4, 0.5) is 18.0 Å². The molecule has 0 unspecified atom stereocenters. The number of hydrogen-bond acceptors (Lipinski definition) is 5. The van der Waals surface area contributed by atoms with E-state index < -0.39 is 18.3 Å². The Labute approximate surface area is 115 Å². The SMILES string of the molecule is O=C([O-])[O-].O=Cc1ccccc1OC(F)(F)F.[Ag]. The zero-order chi connectivity index (χ0) is 13.5. The summed E-state index contributed by atoms with van der Waals surface area (Å²) in [6, 6.07) is 5.13. The van der Waals surface area contributed by atoms with Crippen LogP contribution in [0.25, 0.3) is 0 Å². The van der Waals surface area contributed by atoms with E-state index >= 15 is 0 Å². The fourth-order valence-corrected chi connectivity index (χ4v) is 0.796. The Morgan fingerprint density at radius 1 is 1.22 bits per heavy atom. The molecule has 0 aliphatic rings. The molecule has 0 bridgehead atoms. The number of hydrogen-bond donors (Lipinski definition) is 0. The Kier molecular flexibility index (Phi) is 8.96. The smallest absolute Gasteiger partial charge is 0.573 e. The van der Waals surface area contributed by atoms with Crippen LogP contribution in [0.1, 0.15) is 10.4 Å². The molecule has 9 heteroatoms. The second kappa shape index (κ2) is 8.56. The van der Waals surface area contributed by atoms with Crippen LogP contribution < -0.4 is 14.9 Å². The van der Waals surface area contributed by atoms with Crippen LogP contribution in [0.3, 0.4) is 0 Å². The van der Waals surface area contributed by atoms with Crippen molar-refractivity contribution >= 4 is 12.4 Å². The van der Waals surface area contributed by atoms with Crippen molar-refractivity contribution < 1.29 is 60.1 Å². The minimum atomic E-state index is -4.76. The fraction of sp³-hybridized carbons (Fsp3) is 0.111. The topological polar surface area (TPSA) is 89.5 Å². The number of para-hydroxylation sites is 1. The molecule has 1 rings (SSSR count). The Hall–Kier alpha value is -1.51. The largest absolute Gasteiger partial charge is 0.652 e. The van der Waals surface area contributed by atoms with Gasteiger partial charge in [-0.1, -0.05) is 12.1 Å². The summed E-state index contributed by atoms with van der Waals surface area (Å²) >= 11 is 0. The van der Waals surface area contributed by atoms with E-state index in [-0.39, 0.29) is 27.9 Å². The van der Waals surface area contributed by atoms with Gasteiger partial charge in [0.05, 0.1) is 5.56 Å². The van der Waals surface area contributed by atoms with E-state index in [0.717, 1.165) is 6.07 Å². The van der Waals surface area contributed by atoms with Gasteiger partial charge in [-0.25, -0.2) is 0 Å². The predicted octanol–water partition coefficient (Wildman–Crippen LogP) is -0.0518. The average Bonchev–Trinajstić information content (AvgIpc) is 2.15. The average molecular weight is 358 g/mol. The summed E-state index contributed by atoms with van der Waals surface area (Å²) in [6.07, 6.45) is -6.79. The molecule has 18 heavy (non-hydrogen) atoms. The van der Waals surface area contributed by atoms with Crippen molar-refractivity contribution in [3.8, 4) is 5.75 Å². The van der Waals surface area contributed by atoms with E-state index in [9.17, 15) is 18.0 Å². The molecule has 105 valence electrons. The van der Waals surface area contributed by atoms with E-state index in [4.69, 9.17) is 15.0 Å². The van der Waals surface area contributed by atoms with Gasteiger partial charge in [0.2, 0.25) is 0 Å². The van der Waals surface area contributed by atoms with E-state index in [1.54, 1.807) is 0 Å². The number of carbonyl (C=O) groups excluding carboxylic acids is 2. The van der Waals surface area contributed by atoms with Crippen LogP contribution in [0.2, 0.25) is 0 Å². The number of alkyl halides is 3. The molecule has 0 atom stereocenters. The van der Waals surface area contributed by atoms with E-state index in [1.807, 2.05) is 0 Å². The van der Waals surface area contributed by atoms with Crippen LogP contribution >= 0.6 is 0 Å². The quantitative estimate of drug-likeness (QED) is 0.546. The molecule has 1 aromatic carbocycles. The van der Waals surface area contributed by atoms with Gasteiger partial charge in [-0.05, 0) is 18.3 Å². The van der Waals surface area contributed by atoms with Gasteiger partial charge in [-0.15, -0.1) is 13.2 Å². The van der Waals surface area contributed by atoms with Gasteiger partial charge in [0.25, 0.3) is 0 Å². The van der Waals surface area contributed by atoms with Crippen molar-refractivity contribution in [2.24, 2.45) is 0 Å². The number of benzene rings is 1. The minimum Gasteiger partial charge on any atom is -0.652 e. The van der Waals surface area contributed by atoms with Gasteiger partial charge < -0.3 is 19.7 Å². The summed E-state index contributed by atoms with van der Waals surface area (Å²) in [5.74, 6) is -0.481. The Bertz CT molecular complexity index is 390. The first-order chi connectivity index (χ1) is 7.76. The molecule has 0 N–H and O–H groups in total. The van der Waals surface area contributed by atoms with Gasteiger partial charge in [-0.2, -0.15) is 0 Å². The van der Waals surface area contributed by atoms with E-state index in [1.165, 1.54) is 18.2 Å². The zero-order valence-corrected chi connectivity index (χ0v) is 9.85. The van der Waals surface area contributed by atoms with Crippen molar-refractivity contribution in [1.29, 1.82) is 0 Å². The van der Waals surface area contributed by atoms with Crippen molar-refractivity contribution in [2.45, 2.75) is 6.36 Å². The second-order valence-electron chi connectivity index (χ2n) is 2.45. The predicted molar refractivity (Wildman–Crippen MR) is 43.9 cm³/mol. The maximum atomic E-state index is 11.7.